The number of rotatable bonds is 6. The van der Waals surface area contributed by atoms with Gasteiger partial charge in [-0.15, -0.1) is 0 Å². The van der Waals surface area contributed by atoms with Crippen LogP contribution in [-0.4, -0.2) is 28.1 Å². The zero-order valence-corrected chi connectivity index (χ0v) is 10.8. The Morgan fingerprint density at radius 1 is 1.25 bits per heavy atom. The van der Waals surface area contributed by atoms with E-state index in [-0.39, 0.29) is 12.0 Å². The van der Waals surface area contributed by atoms with Gasteiger partial charge in [0.2, 0.25) is 0 Å². The average Bonchev–Trinajstić information content (AvgIpc) is 2.35. The van der Waals surface area contributed by atoms with Gasteiger partial charge in [0.05, 0.1) is 0 Å². The van der Waals surface area contributed by atoms with E-state index in [1.54, 1.807) is 6.92 Å². The van der Waals surface area contributed by atoms with Crippen LogP contribution in [0.15, 0.2) is 18.2 Å². The van der Waals surface area contributed by atoms with Gasteiger partial charge in [0.1, 0.15) is 17.7 Å². The summed E-state index contributed by atoms with van der Waals surface area (Å²) in [6.45, 7) is 1.74. The van der Waals surface area contributed by atoms with Crippen LogP contribution in [0.2, 0.25) is 0 Å². The average molecular weight is 287 g/mol. The number of carboxylic acid groups (broad SMARTS) is 1. The van der Waals surface area contributed by atoms with Crippen molar-refractivity contribution in [2.24, 2.45) is 0 Å². The molecule has 110 valence electrons. The molecule has 1 amide bonds. The zero-order valence-electron chi connectivity index (χ0n) is 10.8. The number of hydrogen-bond donors (Lipinski definition) is 3. The lowest BCUT2D eigenvalue weighted by Gasteiger charge is -2.17. The number of aliphatic hydroxyl groups is 1. The summed E-state index contributed by atoms with van der Waals surface area (Å²) in [5.74, 6) is -4.13. The minimum atomic E-state index is -1.83. The summed E-state index contributed by atoms with van der Waals surface area (Å²) in [4.78, 5) is 22.6. The fourth-order valence-electron chi connectivity index (χ4n) is 1.68. The number of halogens is 2. The van der Waals surface area contributed by atoms with Crippen molar-refractivity contribution in [3.05, 3.63) is 35.4 Å². The number of aliphatic carboxylic acids is 1. The Morgan fingerprint density at radius 3 is 2.25 bits per heavy atom. The molecule has 5 nitrogen and oxygen atoms in total. The van der Waals surface area contributed by atoms with Crippen LogP contribution in [-0.2, 0) is 9.59 Å². The van der Waals surface area contributed by atoms with Crippen molar-refractivity contribution in [3.8, 4) is 0 Å². The molecule has 1 aromatic carbocycles. The number of hydrogen-bond acceptors (Lipinski definition) is 3. The maximum absolute atomic E-state index is 13.0. The number of carbonyl (C=O) groups excluding carboxylic acids is 1. The summed E-state index contributed by atoms with van der Waals surface area (Å²) in [7, 11) is 0. The van der Waals surface area contributed by atoms with Crippen molar-refractivity contribution in [3.63, 3.8) is 0 Å². The van der Waals surface area contributed by atoms with Crippen molar-refractivity contribution >= 4 is 11.9 Å². The van der Waals surface area contributed by atoms with E-state index in [0.717, 1.165) is 12.1 Å². The third-order valence-corrected chi connectivity index (χ3v) is 2.64. The van der Waals surface area contributed by atoms with Gasteiger partial charge >= 0.3 is 5.97 Å². The molecular weight excluding hydrogens is 272 g/mol. The molecule has 0 bridgehead atoms. The van der Waals surface area contributed by atoms with Gasteiger partial charge in [-0.05, 0) is 24.1 Å². The Labute approximate surface area is 114 Å². The highest BCUT2D eigenvalue weighted by molar-refractivity contribution is 5.86. The fraction of sp³-hybridized carbons (Fsp3) is 0.385. The lowest BCUT2D eigenvalue weighted by Crippen LogP contribution is -2.43. The quantitative estimate of drug-likeness (QED) is 0.737. The predicted octanol–water partition coefficient (Wildman–Crippen LogP) is 1.37. The van der Waals surface area contributed by atoms with E-state index in [4.69, 9.17) is 5.11 Å². The molecule has 20 heavy (non-hydrogen) atoms. The van der Waals surface area contributed by atoms with Crippen LogP contribution in [0.1, 0.15) is 31.4 Å². The second-order valence-corrected chi connectivity index (χ2v) is 4.29. The van der Waals surface area contributed by atoms with Gasteiger partial charge in [-0.2, -0.15) is 0 Å². The molecule has 0 saturated heterocycles. The molecule has 0 aliphatic rings. The molecule has 0 radical (unpaired) electrons. The normalized spacial score (nSPS) is 13.6. The van der Waals surface area contributed by atoms with Gasteiger partial charge in [0.25, 0.3) is 5.91 Å². The van der Waals surface area contributed by atoms with Crippen LogP contribution in [0.25, 0.3) is 0 Å². The summed E-state index contributed by atoms with van der Waals surface area (Å²) >= 11 is 0. The molecule has 1 aromatic rings. The number of aliphatic hydroxyl groups excluding tert-OH is 1. The first-order valence-corrected chi connectivity index (χ1v) is 6.02. The Hall–Kier alpha value is -2.02. The Morgan fingerprint density at radius 2 is 1.80 bits per heavy atom. The fourth-order valence-corrected chi connectivity index (χ4v) is 1.68. The molecule has 2 atom stereocenters. The molecule has 0 aliphatic carbocycles. The predicted molar refractivity (Wildman–Crippen MR) is 65.8 cm³/mol. The van der Waals surface area contributed by atoms with E-state index in [9.17, 15) is 23.5 Å². The molecule has 1 unspecified atom stereocenters. The molecule has 1 rings (SSSR count). The maximum atomic E-state index is 13.0. The maximum Gasteiger partial charge on any atom is 0.326 e. The highest BCUT2D eigenvalue weighted by Gasteiger charge is 2.24. The first kappa shape index (κ1) is 16.0. The number of nitrogens with one attached hydrogen (secondary N) is 1. The molecular formula is C13H15F2NO4. The van der Waals surface area contributed by atoms with E-state index in [1.165, 1.54) is 0 Å². The number of benzene rings is 1. The lowest BCUT2D eigenvalue weighted by atomic mass is 10.1. The van der Waals surface area contributed by atoms with E-state index < -0.39 is 35.7 Å². The third-order valence-electron chi connectivity index (χ3n) is 2.64. The molecule has 0 spiro atoms. The molecule has 3 N–H and O–H groups in total. The van der Waals surface area contributed by atoms with E-state index in [2.05, 4.69) is 5.32 Å². The van der Waals surface area contributed by atoms with Gasteiger partial charge < -0.3 is 15.5 Å². The summed E-state index contributed by atoms with van der Waals surface area (Å²) in [6, 6.07) is 1.07. The number of amides is 1. The second-order valence-electron chi connectivity index (χ2n) is 4.29. The monoisotopic (exact) mass is 287 g/mol. The van der Waals surface area contributed by atoms with Crippen LogP contribution in [0, 0.1) is 11.6 Å². The first-order valence-electron chi connectivity index (χ1n) is 6.02. The molecule has 7 heteroatoms. The topological polar surface area (TPSA) is 86.6 Å². The Kier molecular flexibility index (Phi) is 5.57. The Balaban J connectivity index is 2.82. The summed E-state index contributed by atoms with van der Waals surface area (Å²) in [5, 5.41) is 20.7. The minimum Gasteiger partial charge on any atom is -0.480 e. The van der Waals surface area contributed by atoms with E-state index in [1.807, 2.05) is 0 Å². The third kappa shape index (κ3) is 4.27. The van der Waals surface area contributed by atoms with Gasteiger partial charge in [0.15, 0.2) is 6.10 Å². The highest BCUT2D eigenvalue weighted by atomic mass is 19.1. The summed E-state index contributed by atoms with van der Waals surface area (Å²) < 4.78 is 26.0. The van der Waals surface area contributed by atoms with Gasteiger partial charge in [-0.1, -0.05) is 13.3 Å². The van der Waals surface area contributed by atoms with Crippen molar-refractivity contribution in [1.29, 1.82) is 0 Å². The molecule has 0 saturated carbocycles. The SMILES string of the molecule is CCCC(NC(=O)[C@@H](O)c1cc(F)cc(F)c1)C(=O)O. The summed E-state index contributed by atoms with van der Waals surface area (Å²) in [5.41, 5.74) is -0.277. The first-order chi connectivity index (χ1) is 9.35. The Bertz CT molecular complexity index is 487. The molecule has 0 heterocycles. The molecule has 0 aromatic heterocycles. The van der Waals surface area contributed by atoms with Crippen molar-refractivity contribution < 1.29 is 28.6 Å². The van der Waals surface area contributed by atoms with Crippen LogP contribution < -0.4 is 5.32 Å². The highest BCUT2D eigenvalue weighted by Crippen LogP contribution is 2.17. The zero-order chi connectivity index (χ0) is 15.3. The smallest absolute Gasteiger partial charge is 0.326 e. The summed E-state index contributed by atoms with van der Waals surface area (Å²) in [6.07, 6.45) is -1.13. The van der Waals surface area contributed by atoms with Crippen molar-refractivity contribution in [1.82, 2.24) is 5.32 Å². The number of carboxylic acids is 1. The van der Waals surface area contributed by atoms with Crippen LogP contribution in [0.5, 0.6) is 0 Å². The van der Waals surface area contributed by atoms with E-state index in [0.29, 0.717) is 12.5 Å². The van der Waals surface area contributed by atoms with Crippen molar-refractivity contribution in [2.75, 3.05) is 0 Å². The lowest BCUT2D eigenvalue weighted by molar-refractivity contribution is -0.143. The second kappa shape index (κ2) is 6.95. The molecule has 0 aliphatic heterocycles. The van der Waals surface area contributed by atoms with Gasteiger partial charge in [0, 0.05) is 6.07 Å². The van der Waals surface area contributed by atoms with Crippen LogP contribution in [0.3, 0.4) is 0 Å². The largest absolute Gasteiger partial charge is 0.480 e. The standard InChI is InChI=1S/C13H15F2NO4/c1-2-3-10(13(19)20)16-12(18)11(17)7-4-8(14)6-9(15)5-7/h4-6,10-11,17H,2-3H2,1H3,(H,16,18)(H,19,20)/t10?,11-/m0/s1. The van der Waals surface area contributed by atoms with Gasteiger partial charge in [-0.3, -0.25) is 4.79 Å². The van der Waals surface area contributed by atoms with Crippen LogP contribution in [0.4, 0.5) is 8.78 Å². The van der Waals surface area contributed by atoms with E-state index >= 15 is 0 Å². The van der Waals surface area contributed by atoms with Crippen molar-refractivity contribution in [2.45, 2.75) is 31.9 Å². The number of carbonyl (C=O) groups is 2. The minimum absolute atomic E-state index is 0.186. The van der Waals surface area contributed by atoms with Gasteiger partial charge in [-0.25, -0.2) is 13.6 Å². The molecule has 0 fully saturated rings. The van der Waals surface area contributed by atoms with Crippen LogP contribution >= 0.6 is 0 Å².